The van der Waals surface area contributed by atoms with Gasteiger partial charge in [-0.1, -0.05) is 25.4 Å². The average Bonchev–Trinajstić information content (AvgIpc) is 2.37. The van der Waals surface area contributed by atoms with Gasteiger partial charge in [-0.25, -0.2) is 4.79 Å². The van der Waals surface area contributed by atoms with Gasteiger partial charge in [0.25, 0.3) is 0 Å². The number of carbonyl (C=O) groups excluding carboxylic acids is 1. The molecular weight excluding hydrogens is 254 g/mol. The van der Waals surface area contributed by atoms with Gasteiger partial charge in [-0.05, 0) is 18.2 Å². The smallest absolute Gasteiger partial charge is 0.339 e. The Balaban J connectivity index is 2.83. The summed E-state index contributed by atoms with van der Waals surface area (Å²) in [5.74, 6) is -0.468. The van der Waals surface area contributed by atoms with Crippen LogP contribution in [-0.4, -0.2) is 31.3 Å². The van der Waals surface area contributed by atoms with Gasteiger partial charge in [0.1, 0.15) is 0 Å². The molecule has 0 aromatic heterocycles. The molecule has 2 N–H and O–H groups in total. The van der Waals surface area contributed by atoms with Crippen molar-refractivity contribution < 1.29 is 14.6 Å². The summed E-state index contributed by atoms with van der Waals surface area (Å²) in [5, 5.41) is 12.7. The molecule has 0 aliphatic heterocycles. The van der Waals surface area contributed by atoms with E-state index in [4.69, 9.17) is 16.7 Å². The summed E-state index contributed by atoms with van der Waals surface area (Å²) >= 11 is 5.92. The van der Waals surface area contributed by atoms with Crippen LogP contribution in [0.15, 0.2) is 18.2 Å². The Morgan fingerprint density at radius 1 is 1.50 bits per heavy atom. The topological polar surface area (TPSA) is 58.6 Å². The van der Waals surface area contributed by atoms with Crippen LogP contribution in [0.2, 0.25) is 5.02 Å². The van der Waals surface area contributed by atoms with E-state index in [9.17, 15) is 4.79 Å². The molecule has 0 saturated heterocycles. The lowest BCUT2D eigenvalue weighted by atomic mass is 9.95. The van der Waals surface area contributed by atoms with E-state index in [1.807, 2.05) is 13.8 Å². The lowest BCUT2D eigenvalue weighted by Crippen LogP contribution is -2.26. The van der Waals surface area contributed by atoms with Crippen LogP contribution in [0, 0.1) is 5.41 Å². The first kappa shape index (κ1) is 14.8. The summed E-state index contributed by atoms with van der Waals surface area (Å²) in [4.78, 5) is 11.5. The quantitative estimate of drug-likeness (QED) is 0.808. The van der Waals surface area contributed by atoms with Crippen molar-refractivity contribution in [2.24, 2.45) is 5.41 Å². The third kappa shape index (κ3) is 3.89. The molecule has 0 aliphatic rings. The van der Waals surface area contributed by atoms with Gasteiger partial charge < -0.3 is 15.2 Å². The van der Waals surface area contributed by atoms with Crippen molar-refractivity contribution >= 4 is 23.3 Å². The molecule has 0 radical (unpaired) electrons. The Morgan fingerprint density at radius 3 is 2.72 bits per heavy atom. The highest BCUT2D eigenvalue weighted by atomic mass is 35.5. The second-order valence-electron chi connectivity index (χ2n) is 4.86. The molecule has 0 spiro atoms. The first-order chi connectivity index (χ1) is 8.39. The van der Waals surface area contributed by atoms with Crippen LogP contribution in [0.4, 0.5) is 5.69 Å². The zero-order valence-corrected chi connectivity index (χ0v) is 11.5. The number of esters is 1. The molecule has 0 heterocycles. The van der Waals surface area contributed by atoms with Gasteiger partial charge in [0.05, 0.1) is 17.7 Å². The summed E-state index contributed by atoms with van der Waals surface area (Å²) in [5.41, 5.74) is 0.859. The van der Waals surface area contributed by atoms with Gasteiger partial charge in [0, 0.05) is 24.3 Å². The van der Waals surface area contributed by atoms with Gasteiger partial charge in [-0.2, -0.15) is 0 Å². The van der Waals surface area contributed by atoms with E-state index in [0.29, 0.717) is 17.1 Å². The van der Waals surface area contributed by atoms with E-state index in [-0.39, 0.29) is 12.0 Å². The number of ether oxygens (including phenoxy) is 1. The zero-order valence-electron chi connectivity index (χ0n) is 10.8. The Kier molecular flexibility index (Phi) is 4.99. The molecule has 100 valence electrons. The van der Waals surface area contributed by atoms with Crippen molar-refractivity contribution in [3.05, 3.63) is 28.8 Å². The number of aliphatic hydroxyl groups is 1. The fourth-order valence-corrected chi connectivity index (χ4v) is 1.49. The van der Waals surface area contributed by atoms with Gasteiger partial charge in [-0.3, -0.25) is 0 Å². The SMILES string of the molecule is COC(=O)c1cc(NCC(C)(C)CO)ccc1Cl. The number of halogens is 1. The highest BCUT2D eigenvalue weighted by Gasteiger charge is 2.17. The molecule has 4 nitrogen and oxygen atoms in total. The lowest BCUT2D eigenvalue weighted by Gasteiger charge is -2.22. The van der Waals surface area contributed by atoms with Crippen molar-refractivity contribution in [2.45, 2.75) is 13.8 Å². The van der Waals surface area contributed by atoms with E-state index < -0.39 is 5.97 Å². The zero-order chi connectivity index (χ0) is 13.8. The van der Waals surface area contributed by atoms with Crippen LogP contribution in [0.5, 0.6) is 0 Å². The standard InChI is InChI=1S/C13H18ClNO3/c1-13(2,8-16)7-15-9-4-5-11(14)10(6-9)12(17)18-3/h4-6,15-16H,7-8H2,1-3H3. The first-order valence-electron chi connectivity index (χ1n) is 5.62. The van der Waals surface area contributed by atoms with Crippen molar-refractivity contribution in [3.8, 4) is 0 Å². The number of methoxy groups -OCH3 is 1. The maximum Gasteiger partial charge on any atom is 0.339 e. The third-order valence-corrected chi connectivity index (χ3v) is 2.90. The van der Waals surface area contributed by atoms with Gasteiger partial charge >= 0.3 is 5.97 Å². The maximum atomic E-state index is 11.5. The van der Waals surface area contributed by atoms with E-state index in [2.05, 4.69) is 10.1 Å². The minimum Gasteiger partial charge on any atom is -0.465 e. The van der Waals surface area contributed by atoms with E-state index in [1.54, 1.807) is 18.2 Å². The highest BCUT2D eigenvalue weighted by Crippen LogP contribution is 2.22. The fraction of sp³-hybridized carbons (Fsp3) is 0.462. The summed E-state index contributed by atoms with van der Waals surface area (Å²) < 4.78 is 4.65. The number of nitrogens with one attached hydrogen (secondary N) is 1. The van der Waals surface area contributed by atoms with Crippen LogP contribution < -0.4 is 5.32 Å². The monoisotopic (exact) mass is 271 g/mol. The predicted octanol–water partition coefficient (Wildman–Crippen LogP) is 2.56. The summed E-state index contributed by atoms with van der Waals surface area (Å²) in [6, 6.07) is 5.06. The number of aliphatic hydroxyl groups excluding tert-OH is 1. The minimum atomic E-state index is -0.468. The lowest BCUT2D eigenvalue weighted by molar-refractivity contribution is 0.0601. The van der Waals surface area contributed by atoms with Crippen molar-refractivity contribution in [3.63, 3.8) is 0 Å². The van der Waals surface area contributed by atoms with Crippen LogP contribution in [0.25, 0.3) is 0 Å². The van der Waals surface area contributed by atoms with Crippen LogP contribution in [0.1, 0.15) is 24.2 Å². The van der Waals surface area contributed by atoms with E-state index in [1.165, 1.54) is 7.11 Å². The minimum absolute atomic E-state index is 0.0808. The number of hydrogen-bond donors (Lipinski definition) is 2. The molecule has 0 saturated carbocycles. The highest BCUT2D eigenvalue weighted by molar-refractivity contribution is 6.33. The van der Waals surface area contributed by atoms with Crippen LogP contribution in [0.3, 0.4) is 0 Å². The van der Waals surface area contributed by atoms with Crippen molar-refractivity contribution in [1.29, 1.82) is 0 Å². The van der Waals surface area contributed by atoms with Gasteiger partial charge in [-0.15, -0.1) is 0 Å². The van der Waals surface area contributed by atoms with E-state index in [0.717, 1.165) is 5.69 Å². The molecule has 0 aliphatic carbocycles. The van der Waals surface area contributed by atoms with Crippen LogP contribution in [-0.2, 0) is 4.74 Å². The average molecular weight is 272 g/mol. The Bertz CT molecular complexity index is 432. The molecule has 0 fully saturated rings. The largest absolute Gasteiger partial charge is 0.465 e. The summed E-state index contributed by atoms with van der Waals surface area (Å²) in [6.45, 7) is 4.55. The van der Waals surface area contributed by atoms with Crippen LogP contribution >= 0.6 is 11.6 Å². The summed E-state index contributed by atoms with van der Waals surface area (Å²) in [6.07, 6.45) is 0. The number of rotatable bonds is 5. The molecule has 1 aromatic rings. The fourth-order valence-electron chi connectivity index (χ4n) is 1.30. The van der Waals surface area contributed by atoms with E-state index >= 15 is 0 Å². The maximum absolute atomic E-state index is 11.5. The number of anilines is 1. The van der Waals surface area contributed by atoms with Gasteiger partial charge in [0.2, 0.25) is 0 Å². The van der Waals surface area contributed by atoms with Crippen molar-refractivity contribution in [2.75, 3.05) is 25.6 Å². The first-order valence-corrected chi connectivity index (χ1v) is 6.00. The number of carbonyl (C=O) groups is 1. The molecule has 18 heavy (non-hydrogen) atoms. The molecule has 0 bridgehead atoms. The Hall–Kier alpha value is -1.26. The normalized spacial score (nSPS) is 11.2. The van der Waals surface area contributed by atoms with Crippen molar-refractivity contribution in [1.82, 2.24) is 0 Å². The second-order valence-corrected chi connectivity index (χ2v) is 5.27. The molecule has 0 atom stereocenters. The Morgan fingerprint density at radius 2 is 2.17 bits per heavy atom. The molecule has 1 aromatic carbocycles. The molecule has 0 amide bonds. The molecular formula is C13H18ClNO3. The Labute approximate surface area is 112 Å². The molecule has 5 heteroatoms. The van der Waals surface area contributed by atoms with Gasteiger partial charge in [0.15, 0.2) is 0 Å². The number of hydrogen-bond acceptors (Lipinski definition) is 4. The molecule has 0 unspecified atom stereocenters. The third-order valence-electron chi connectivity index (χ3n) is 2.57. The predicted molar refractivity (Wildman–Crippen MR) is 72.1 cm³/mol. The molecule has 1 rings (SSSR count). The second kappa shape index (κ2) is 6.07. The number of benzene rings is 1. The summed E-state index contributed by atoms with van der Waals surface area (Å²) in [7, 11) is 1.31.